The van der Waals surface area contributed by atoms with Gasteiger partial charge in [0, 0.05) is 12.2 Å². The van der Waals surface area contributed by atoms with Crippen LogP contribution in [-0.4, -0.2) is 6.54 Å². The third kappa shape index (κ3) is 3.42. The van der Waals surface area contributed by atoms with Crippen LogP contribution in [0.1, 0.15) is 37.7 Å². The van der Waals surface area contributed by atoms with Crippen molar-refractivity contribution in [2.24, 2.45) is 0 Å². The molecule has 1 aliphatic rings. The van der Waals surface area contributed by atoms with Crippen molar-refractivity contribution in [3.05, 3.63) is 34.4 Å². The normalized spacial score (nSPS) is 15.3. The van der Waals surface area contributed by atoms with E-state index < -0.39 is 0 Å². The molecule has 2 rings (SSSR count). The molecule has 0 amide bonds. The summed E-state index contributed by atoms with van der Waals surface area (Å²) >= 11 is 6.04. The number of anilines is 2. The molecule has 18 heavy (non-hydrogen) atoms. The van der Waals surface area contributed by atoms with Gasteiger partial charge < -0.3 is 11.1 Å². The zero-order chi connectivity index (χ0) is 13.0. The van der Waals surface area contributed by atoms with Gasteiger partial charge in [0.15, 0.2) is 0 Å². The number of rotatable bonds is 4. The number of nitrogens with two attached hydrogens (primary N) is 1. The fourth-order valence-corrected chi connectivity index (χ4v) is 2.55. The van der Waals surface area contributed by atoms with Gasteiger partial charge in [-0.05, 0) is 56.7 Å². The van der Waals surface area contributed by atoms with Gasteiger partial charge in [0.25, 0.3) is 0 Å². The van der Waals surface area contributed by atoms with E-state index in [9.17, 15) is 0 Å². The first-order valence-corrected chi connectivity index (χ1v) is 7.02. The van der Waals surface area contributed by atoms with Gasteiger partial charge in [-0.25, -0.2) is 0 Å². The maximum atomic E-state index is 6.04. The molecule has 1 aromatic rings. The Balaban J connectivity index is 1.90. The first-order chi connectivity index (χ1) is 8.66. The predicted molar refractivity (Wildman–Crippen MR) is 80.3 cm³/mol. The lowest BCUT2D eigenvalue weighted by atomic mass is 9.97. The van der Waals surface area contributed by atoms with Crippen LogP contribution in [-0.2, 0) is 0 Å². The van der Waals surface area contributed by atoms with E-state index in [0.29, 0.717) is 10.7 Å². The molecule has 0 fully saturated rings. The van der Waals surface area contributed by atoms with Gasteiger partial charge in [-0.3, -0.25) is 0 Å². The Morgan fingerprint density at radius 2 is 2.17 bits per heavy atom. The molecule has 0 heterocycles. The Morgan fingerprint density at radius 3 is 2.89 bits per heavy atom. The summed E-state index contributed by atoms with van der Waals surface area (Å²) in [6, 6.07) is 3.84. The van der Waals surface area contributed by atoms with E-state index >= 15 is 0 Å². The van der Waals surface area contributed by atoms with E-state index in [4.69, 9.17) is 17.3 Å². The Labute approximate surface area is 114 Å². The van der Waals surface area contributed by atoms with Crippen molar-refractivity contribution in [3.8, 4) is 0 Å². The number of hydrogen-bond donors (Lipinski definition) is 2. The van der Waals surface area contributed by atoms with Crippen LogP contribution in [0.5, 0.6) is 0 Å². The zero-order valence-electron chi connectivity index (χ0n) is 10.9. The lowest BCUT2D eigenvalue weighted by Gasteiger charge is -2.15. The molecule has 0 aromatic heterocycles. The monoisotopic (exact) mass is 264 g/mol. The fraction of sp³-hybridized carbons (Fsp3) is 0.467. The average molecular weight is 265 g/mol. The van der Waals surface area contributed by atoms with Gasteiger partial charge in [-0.2, -0.15) is 0 Å². The topological polar surface area (TPSA) is 38.0 Å². The van der Waals surface area contributed by atoms with Crippen LogP contribution in [0, 0.1) is 6.92 Å². The smallest absolute Gasteiger partial charge is 0.0656 e. The largest absolute Gasteiger partial charge is 0.398 e. The van der Waals surface area contributed by atoms with Crippen molar-refractivity contribution in [2.45, 2.75) is 39.0 Å². The molecule has 0 atom stereocenters. The van der Waals surface area contributed by atoms with Crippen LogP contribution < -0.4 is 11.1 Å². The second-order valence-electron chi connectivity index (χ2n) is 4.97. The molecule has 0 unspecified atom stereocenters. The minimum Gasteiger partial charge on any atom is -0.398 e. The van der Waals surface area contributed by atoms with Gasteiger partial charge in [0.2, 0.25) is 0 Å². The van der Waals surface area contributed by atoms with Crippen molar-refractivity contribution in [1.29, 1.82) is 0 Å². The van der Waals surface area contributed by atoms with E-state index in [1.165, 1.54) is 25.7 Å². The SMILES string of the molecule is Cc1cc(N)c(Cl)cc1NCCC1=CCCCC1. The van der Waals surface area contributed by atoms with Gasteiger partial charge in [-0.15, -0.1) is 0 Å². The molecule has 0 bridgehead atoms. The highest BCUT2D eigenvalue weighted by atomic mass is 35.5. The van der Waals surface area contributed by atoms with Crippen LogP contribution in [0.4, 0.5) is 11.4 Å². The molecule has 0 radical (unpaired) electrons. The third-order valence-corrected chi connectivity index (χ3v) is 3.82. The number of nitrogens with one attached hydrogen (secondary N) is 1. The second-order valence-corrected chi connectivity index (χ2v) is 5.38. The molecule has 0 aliphatic heterocycles. The lowest BCUT2D eigenvalue weighted by molar-refractivity contribution is 0.679. The van der Waals surface area contributed by atoms with Gasteiger partial charge in [0.1, 0.15) is 0 Å². The van der Waals surface area contributed by atoms with Crippen LogP contribution >= 0.6 is 11.6 Å². The fourth-order valence-electron chi connectivity index (χ4n) is 2.38. The van der Waals surface area contributed by atoms with E-state index in [2.05, 4.69) is 18.3 Å². The van der Waals surface area contributed by atoms with Crippen molar-refractivity contribution >= 4 is 23.0 Å². The van der Waals surface area contributed by atoms with E-state index in [-0.39, 0.29) is 0 Å². The molecule has 3 N–H and O–H groups in total. The number of nitrogen functional groups attached to an aromatic ring is 1. The Bertz CT molecular complexity index is 452. The summed E-state index contributed by atoms with van der Waals surface area (Å²) in [6.07, 6.45) is 8.74. The van der Waals surface area contributed by atoms with Crippen LogP contribution in [0.15, 0.2) is 23.8 Å². The van der Waals surface area contributed by atoms with Crippen LogP contribution in [0.3, 0.4) is 0 Å². The maximum absolute atomic E-state index is 6.04. The van der Waals surface area contributed by atoms with Crippen molar-refractivity contribution < 1.29 is 0 Å². The Kier molecular flexibility index (Phi) is 4.54. The summed E-state index contributed by atoms with van der Waals surface area (Å²) in [6.45, 7) is 3.02. The first-order valence-electron chi connectivity index (χ1n) is 6.64. The molecule has 3 heteroatoms. The first kappa shape index (κ1) is 13.3. The van der Waals surface area contributed by atoms with Crippen molar-refractivity contribution in [2.75, 3.05) is 17.6 Å². The standard InChI is InChI=1S/C15H21ClN2/c1-11-9-14(17)13(16)10-15(11)18-8-7-12-5-3-2-4-6-12/h5,9-10,18H,2-4,6-8,17H2,1H3. The average Bonchev–Trinajstić information content (AvgIpc) is 2.37. The molecule has 0 saturated heterocycles. The molecule has 1 aromatic carbocycles. The Hall–Kier alpha value is -1.15. The summed E-state index contributed by atoms with van der Waals surface area (Å²) in [4.78, 5) is 0. The summed E-state index contributed by atoms with van der Waals surface area (Å²) in [5, 5.41) is 4.07. The van der Waals surface area contributed by atoms with Gasteiger partial charge in [-0.1, -0.05) is 23.3 Å². The minimum atomic E-state index is 0.625. The lowest BCUT2D eigenvalue weighted by Crippen LogP contribution is -2.06. The highest BCUT2D eigenvalue weighted by molar-refractivity contribution is 6.33. The summed E-state index contributed by atoms with van der Waals surface area (Å²) < 4.78 is 0. The number of aryl methyl sites for hydroxylation is 1. The summed E-state index contributed by atoms with van der Waals surface area (Å²) in [5.74, 6) is 0. The third-order valence-electron chi connectivity index (χ3n) is 3.49. The van der Waals surface area contributed by atoms with Crippen LogP contribution in [0.2, 0.25) is 5.02 Å². The number of allylic oxidation sites excluding steroid dienone is 1. The number of benzene rings is 1. The van der Waals surface area contributed by atoms with Crippen LogP contribution in [0.25, 0.3) is 0 Å². The maximum Gasteiger partial charge on any atom is 0.0656 e. The highest BCUT2D eigenvalue weighted by Crippen LogP contribution is 2.27. The van der Waals surface area contributed by atoms with Crippen molar-refractivity contribution in [3.63, 3.8) is 0 Å². The van der Waals surface area contributed by atoms with E-state index in [0.717, 1.165) is 24.2 Å². The molecular formula is C15H21ClN2. The quantitative estimate of drug-likeness (QED) is 0.619. The number of hydrogen-bond acceptors (Lipinski definition) is 2. The minimum absolute atomic E-state index is 0.625. The molecule has 0 saturated carbocycles. The Morgan fingerprint density at radius 1 is 1.33 bits per heavy atom. The molecule has 2 nitrogen and oxygen atoms in total. The molecule has 1 aliphatic carbocycles. The number of halogens is 1. The zero-order valence-corrected chi connectivity index (χ0v) is 11.7. The summed E-state index contributed by atoms with van der Waals surface area (Å²) in [7, 11) is 0. The van der Waals surface area contributed by atoms with Crippen molar-refractivity contribution in [1.82, 2.24) is 0 Å². The highest BCUT2D eigenvalue weighted by Gasteiger charge is 2.05. The second kappa shape index (κ2) is 6.14. The molecule has 98 valence electrons. The van der Waals surface area contributed by atoms with Gasteiger partial charge >= 0.3 is 0 Å². The molecule has 0 spiro atoms. The van der Waals surface area contributed by atoms with E-state index in [1.54, 1.807) is 5.57 Å². The van der Waals surface area contributed by atoms with E-state index in [1.807, 2.05) is 12.1 Å². The predicted octanol–water partition coefficient (Wildman–Crippen LogP) is 4.53. The molecular weight excluding hydrogens is 244 g/mol. The van der Waals surface area contributed by atoms with Gasteiger partial charge in [0.05, 0.1) is 10.7 Å². The summed E-state index contributed by atoms with van der Waals surface area (Å²) in [5.41, 5.74) is 10.2.